The van der Waals surface area contributed by atoms with Gasteiger partial charge in [-0.3, -0.25) is 4.79 Å². The smallest absolute Gasteiger partial charge is 0.224 e. The molecule has 1 saturated heterocycles. The molecule has 4 nitrogen and oxygen atoms in total. The first-order chi connectivity index (χ1) is 9.66. The van der Waals surface area contributed by atoms with E-state index in [0.29, 0.717) is 28.9 Å². The number of hydrogen-bond acceptors (Lipinski definition) is 3. The van der Waals surface area contributed by atoms with E-state index in [9.17, 15) is 4.79 Å². The highest BCUT2D eigenvalue weighted by atomic mass is 35.5. The zero-order valence-corrected chi connectivity index (χ0v) is 12.6. The number of rotatable bonds is 6. The van der Waals surface area contributed by atoms with E-state index < -0.39 is 0 Å². The number of carbonyl (C=O) groups excluding carboxylic acids is 1. The molecule has 0 aromatic heterocycles. The predicted octanol–water partition coefficient (Wildman–Crippen LogP) is 2.49. The van der Waals surface area contributed by atoms with Crippen LogP contribution in [0.1, 0.15) is 12.8 Å². The Hall–Kier alpha value is -0.970. The Kier molecular flexibility index (Phi) is 5.95. The molecule has 0 bridgehead atoms. The fourth-order valence-corrected chi connectivity index (χ4v) is 2.54. The van der Waals surface area contributed by atoms with Crippen LogP contribution in [-0.4, -0.2) is 32.1 Å². The fraction of sp³-hybridized carbons (Fsp3) is 0.500. The standard InChI is InChI=1S/C14H18Cl2N2O2/c15-11-2-3-13(12(16)8-11)20-7-1-5-18-14(19)10-4-6-17-9-10/h2-3,8,10,17H,1,4-7,9H2,(H,18,19)/t10-/m1/s1. The summed E-state index contributed by atoms with van der Waals surface area (Å²) in [6.45, 7) is 2.82. The van der Waals surface area contributed by atoms with E-state index in [-0.39, 0.29) is 11.8 Å². The summed E-state index contributed by atoms with van der Waals surface area (Å²) < 4.78 is 5.54. The van der Waals surface area contributed by atoms with E-state index in [2.05, 4.69) is 10.6 Å². The van der Waals surface area contributed by atoms with Gasteiger partial charge in [-0.1, -0.05) is 23.2 Å². The first-order valence-corrected chi connectivity index (χ1v) is 7.48. The Morgan fingerprint density at radius 1 is 1.45 bits per heavy atom. The minimum absolute atomic E-state index is 0.113. The van der Waals surface area contributed by atoms with Crippen LogP contribution in [0.3, 0.4) is 0 Å². The summed E-state index contributed by atoms with van der Waals surface area (Å²) in [7, 11) is 0. The number of hydrogen-bond donors (Lipinski definition) is 2. The fourth-order valence-electron chi connectivity index (χ4n) is 2.08. The highest BCUT2D eigenvalue weighted by Crippen LogP contribution is 2.27. The molecule has 0 radical (unpaired) electrons. The van der Waals surface area contributed by atoms with Gasteiger partial charge >= 0.3 is 0 Å². The minimum Gasteiger partial charge on any atom is -0.492 e. The van der Waals surface area contributed by atoms with Gasteiger partial charge in [0.05, 0.1) is 17.5 Å². The van der Waals surface area contributed by atoms with Crippen molar-refractivity contribution in [3.8, 4) is 5.75 Å². The van der Waals surface area contributed by atoms with Crippen LogP contribution in [0.25, 0.3) is 0 Å². The zero-order valence-electron chi connectivity index (χ0n) is 11.1. The number of nitrogens with one attached hydrogen (secondary N) is 2. The van der Waals surface area contributed by atoms with Crippen LogP contribution in [0.4, 0.5) is 0 Å². The molecule has 1 amide bonds. The van der Waals surface area contributed by atoms with Crippen LogP contribution >= 0.6 is 23.2 Å². The summed E-state index contributed by atoms with van der Waals surface area (Å²) in [5, 5.41) is 7.18. The van der Waals surface area contributed by atoms with Gasteiger partial charge in [0.2, 0.25) is 5.91 Å². The van der Waals surface area contributed by atoms with Crippen LogP contribution in [0.2, 0.25) is 10.0 Å². The molecule has 1 fully saturated rings. The summed E-state index contributed by atoms with van der Waals surface area (Å²) in [4.78, 5) is 11.7. The maximum absolute atomic E-state index is 11.7. The molecule has 110 valence electrons. The van der Waals surface area contributed by atoms with Gasteiger partial charge < -0.3 is 15.4 Å². The Morgan fingerprint density at radius 3 is 3.00 bits per heavy atom. The Balaban J connectivity index is 1.62. The van der Waals surface area contributed by atoms with E-state index in [0.717, 1.165) is 25.9 Å². The lowest BCUT2D eigenvalue weighted by Gasteiger charge is -2.11. The molecule has 0 aliphatic carbocycles. The second-order valence-electron chi connectivity index (χ2n) is 4.76. The number of benzene rings is 1. The molecule has 1 aromatic rings. The molecule has 1 aliphatic rings. The number of ether oxygens (including phenoxy) is 1. The van der Waals surface area contributed by atoms with E-state index in [1.807, 2.05) is 0 Å². The van der Waals surface area contributed by atoms with Gasteiger partial charge in [0.25, 0.3) is 0 Å². The lowest BCUT2D eigenvalue weighted by atomic mass is 10.1. The van der Waals surface area contributed by atoms with Crippen LogP contribution in [0.5, 0.6) is 5.75 Å². The van der Waals surface area contributed by atoms with Gasteiger partial charge in [-0.2, -0.15) is 0 Å². The number of amides is 1. The van der Waals surface area contributed by atoms with Gasteiger partial charge in [-0.25, -0.2) is 0 Å². The molecule has 0 saturated carbocycles. The van der Waals surface area contributed by atoms with Gasteiger partial charge in [0.15, 0.2) is 0 Å². The summed E-state index contributed by atoms with van der Waals surface area (Å²) in [5.74, 6) is 0.850. The molecule has 1 heterocycles. The van der Waals surface area contributed by atoms with Crippen molar-refractivity contribution in [2.45, 2.75) is 12.8 Å². The SMILES string of the molecule is O=C(NCCCOc1ccc(Cl)cc1Cl)[C@@H]1CCNC1. The van der Waals surface area contributed by atoms with E-state index in [4.69, 9.17) is 27.9 Å². The van der Waals surface area contributed by atoms with Crippen molar-refractivity contribution in [3.05, 3.63) is 28.2 Å². The van der Waals surface area contributed by atoms with Crippen molar-refractivity contribution in [1.29, 1.82) is 0 Å². The average Bonchev–Trinajstić information content (AvgIpc) is 2.94. The zero-order chi connectivity index (χ0) is 14.4. The molecule has 2 N–H and O–H groups in total. The minimum atomic E-state index is 0.113. The second kappa shape index (κ2) is 7.72. The monoisotopic (exact) mass is 316 g/mol. The van der Waals surface area contributed by atoms with Crippen molar-refractivity contribution in [2.24, 2.45) is 5.92 Å². The van der Waals surface area contributed by atoms with Gasteiger partial charge in [-0.05, 0) is 37.6 Å². The summed E-state index contributed by atoms with van der Waals surface area (Å²) in [6.07, 6.45) is 1.66. The first-order valence-electron chi connectivity index (χ1n) is 6.73. The van der Waals surface area contributed by atoms with Crippen LogP contribution < -0.4 is 15.4 Å². The third-order valence-electron chi connectivity index (χ3n) is 3.20. The lowest BCUT2D eigenvalue weighted by Crippen LogP contribution is -2.33. The van der Waals surface area contributed by atoms with Crippen molar-refractivity contribution >= 4 is 29.1 Å². The van der Waals surface area contributed by atoms with Crippen LogP contribution in [0, 0.1) is 5.92 Å². The number of halogens is 2. The molecule has 20 heavy (non-hydrogen) atoms. The maximum Gasteiger partial charge on any atom is 0.224 e. The molecule has 6 heteroatoms. The van der Waals surface area contributed by atoms with E-state index in [1.54, 1.807) is 18.2 Å². The van der Waals surface area contributed by atoms with Crippen molar-refractivity contribution in [1.82, 2.24) is 10.6 Å². The van der Waals surface area contributed by atoms with Gasteiger partial charge in [0.1, 0.15) is 5.75 Å². The summed E-state index contributed by atoms with van der Waals surface area (Å²) in [5.41, 5.74) is 0. The Labute approximate surface area is 128 Å². The van der Waals surface area contributed by atoms with Crippen LogP contribution in [-0.2, 0) is 4.79 Å². The predicted molar refractivity (Wildman–Crippen MR) is 80.6 cm³/mol. The third-order valence-corrected chi connectivity index (χ3v) is 3.73. The molecule has 2 rings (SSSR count). The normalized spacial score (nSPS) is 18.0. The molecular weight excluding hydrogens is 299 g/mol. The molecule has 1 aliphatic heterocycles. The Morgan fingerprint density at radius 2 is 2.30 bits per heavy atom. The topological polar surface area (TPSA) is 50.4 Å². The molecular formula is C14H18Cl2N2O2. The van der Waals surface area contributed by atoms with E-state index in [1.165, 1.54) is 0 Å². The first kappa shape index (κ1) is 15.4. The van der Waals surface area contributed by atoms with Crippen molar-refractivity contribution < 1.29 is 9.53 Å². The van der Waals surface area contributed by atoms with Gasteiger partial charge in [0, 0.05) is 18.1 Å². The second-order valence-corrected chi connectivity index (χ2v) is 5.60. The Bertz CT molecular complexity index is 462. The largest absolute Gasteiger partial charge is 0.492 e. The summed E-state index contributed by atoms with van der Waals surface area (Å²) in [6, 6.07) is 5.12. The van der Waals surface area contributed by atoms with Crippen molar-refractivity contribution in [2.75, 3.05) is 26.2 Å². The molecule has 0 unspecified atom stereocenters. The number of carbonyl (C=O) groups is 1. The van der Waals surface area contributed by atoms with Crippen molar-refractivity contribution in [3.63, 3.8) is 0 Å². The van der Waals surface area contributed by atoms with Gasteiger partial charge in [-0.15, -0.1) is 0 Å². The highest BCUT2D eigenvalue weighted by Gasteiger charge is 2.21. The molecule has 1 atom stereocenters. The lowest BCUT2D eigenvalue weighted by molar-refractivity contribution is -0.124. The van der Waals surface area contributed by atoms with Crippen LogP contribution in [0.15, 0.2) is 18.2 Å². The highest BCUT2D eigenvalue weighted by molar-refractivity contribution is 6.35. The summed E-state index contributed by atoms with van der Waals surface area (Å²) >= 11 is 11.8. The molecule has 1 aromatic carbocycles. The maximum atomic E-state index is 11.7. The quantitative estimate of drug-likeness (QED) is 0.793. The third kappa shape index (κ3) is 4.54. The molecule has 0 spiro atoms. The average molecular weight is 317 g/mol. The van der Waals surface area contributed by atoms with E-state index >= 15 is 0 Å².